The fourth-order valence-electron chi connectivity index (χ4n) is 0.798. The SMILES string of the molecule is C=Cc1oc(=O)[nH]c1/C=C\CO.CC. The summed E-state index contributed by atoms with van der Waals surface area (Å²) in [5.74, 6) is -0.146. The minimum Gasteiger partial charge on any atom is -0.408 e. The highest BCUT2D eigenvalue weighted by Gasteiger charge is 2.01. The van der Waals surface area contributed by atoms with Crippen molar-refractivity contribution in [2.45, 2.75) is 13.8 Å². The second-order valence-electron chi connectivity index (χ2n) is 2.08. The Kier molecular flexibility index (Phi) is 6.15. The number of aromatic amines is 1. The fraction of sp³-hybridized carbons (Fsp3) is 0.300. The molecule has 0 aliphatic heterocycles. The van der Waals surface area contributed by atoms with Crippen LogP contribution in [0.2, 0.25) is 0 Å². The summed E-state index contributed by atoms with van der Waals surface area (Å²) < 4.78 is 4.70. The summed E-state index contributed by atoms with van der Waals surface area (Å²) in [5, 5.41) is 8.46. The first kappa shape index (κ1) is 12.4. The smallest absolute Gasteiger partial charge is 0.408 e. The van der Waals surface area contributed by atoms with Gasteiger partial charge in [-0.1, -0.05) is 26.5 Å². The monoisotopic (exact) mass is 197 g/mol. The molecule has 0 aliphatic rings. The van der Waals surface area contributed by atoms with Crippen molar-refractivity contribution < 1.29 is 9.52 Å². The second kappa shape index (κ2) is 6.91. The van der Waals surface area contributed by atoms with E-state index in [1.807, 2.05) is 13.8 Å². The predicted molar refractivity (Wildman–Crippen MR) is 56.9 cm³/mol. The van der Waals surface area contributed by atoms with Crippen LogP contribution in [0.3, 0.4) is 0 Å². The van der Waals surface area contributed by atoms with Crippen LogP contribution in [0.1, 0.15) is 25.3 Å². The van der Waals surface area contributed by atoms with Gasteiger partial charge in [-0.3, -0.25) is 4.98 Å². The predicted octanol–water partition coefficient (Wildman–Crippen LogP) is 1.64. The molecule has 0 atom stereocenters. The second-order valence-corrected chi connectivity index (χ2v) is 2.08. The summed E-state index contributed by atoms with van der Waals surface area (Å²) >= 11 is 0. The molecule has 0 bridgehead atoms. The number of H-pyrrole nitrogens is 1. The zero-order valence-electron chi connectivity index (χ0n) is 8.41. The molecular formula is C10H15NO3. The van der Waals surface area contributed by atoms with Gasteiger partial charge < -0.3 is 9.52 Å². The average Bonchev–Trinajstić information content (AvgIpc) is 2.59. The van der Waals surface area contributed by atoms with Gasteiger partial charge in [-0.25, -0.2) is 4.79 Å². The van der Waals surface area contributed by atoms with Gasteiger partial charge in [0.05, 0.1) is 12.3 Å². The van der Waals surface area contributed by atoms with Gasteiger partial charge in [-0.2, -0.15) is 0 Å². The number of aliphatic hydroxyl groups is 1. The Morgan fingerprint density at radius 1 is 1.57 bits per heavy atom. The van der Waals surface area contributed by atoms with Gasteiger partial charge in [-0.15, -0.1) is 0 Å². The van der Waals surface area contributed by atoms with Crippen LogP contribution < -0.4 is 5.76 Å². The highest BCUT2D eigenvalue weighted by atomic mass is 16.4. The molecule has 1 heterocycles. The Hall–Kier alpha value is -1.55. The minimum atomic E-state index is -0.525. The molecule has 0 fully saturated rings. The van der Waals surface area contributed by atoms with Crippen molar-refractivity contribution in [2.75, 3.05) is 6.61 Å². The first-order chi connectivity index (χ1) is 6.77. The molecule has 1 aromatic rings. The lowest BCUT2D eigenvalue weighted by Gasteiger charge is -1.85. The highest BCUT2D eigenvalue weighted by molar-refractivity contribution is 5.56. The molecule has 4 nitrogen and oxygen atoms in total. The summed E-state index contributed by atoms with van der Waals surface area (Å²) in [4.78, 5) is 13.1. The Bertz CT molecular complexity index is 346. The normalized spacial score (nSPS) is 9.64. The maximum atomic E-state index is 10.7. The van der Waals surface area contributed by atoms with Crippen molar-refractivity contribution in [3.8, 4) is 0 Å². The Morgan fingerprint density at radius 3 is 2.71 bits per heavy atom. The van der Waals surface area contributed by atoms with Gasteiger partial charge in [0.2, 0.25) is 0 Å². The molecule has 0 unspecified atom stereocenters. The Balaban J connectivity index is 0.000000791. The van der Waals surface area contributed by atoms with Crippen molar-refractivity contribution in [1.29, 1.82) is 0 Å². The first-order valence-electron chi connectivity index (χ1n) is 4.41. The Labute approximate surface area is 82.6 Å². The van der Waals surface area contributed by atoms with E-state index < -0.39 is 5.76 Å². The topological polar surface area (TPSA) is 66.2 Å². The first-order valence-corrected chi connectivity index (χ1v) is 4.41. The van der Waals surface area contributed by atoms with Crippen LogP contribution in [0.5, 0.6) is 0 Å². The lowest BCUT2D eigenvalue weighted by molar-refractivity contribution is 0.343. The number of aromatic nitrogens is 1. The number of hydrogen-bond donors (Lipinski definition) is 2. The summed E-state index contributed by atoms with van der Waals surface area (Å²) in [5.41, 5.74) is 0.518. The summed E-state index contributed by atoms with van der Waals surface area (Å²) in [6.07, 6.45) is 4.48. The molecule has 14 heavy (non-hydrogen) atoms. The zero-order valence-corrected chi connectivity index (χ0v) is 8.41. The Morgan fingerprint density at radius 2 is 2.21 bits per heavy atom. The average molecular weight is 197 g/mol. The molecule has 2 N–H and O–H groups in total. The molecule has 0 spiro atoms. The van der Waals surface area contributed by atoms with Crippen LogP contribution in [-0.2, 0) is 0 Å². The van der Waals surface area contributed by atoms with Crippen molar-refractivity contribution >= 4 is 12.2 Å². The van der Waals surface area contributed by atoms with Gasteiger partial charge in [0.15, 0.2) is 5.76 Å². The summed E-state index contributed by atoms with van der Waals surface area (Å²) in [6.45, 7) is 7.38. The molecular weight excluding hydrogens is 182 g/mol. The van der Waals surface area contributed by atoms with Crippen LogP contribution in [0, 0.1) is 0 Å². The maximum Gasteiger partial charge on any atom is 0.417 e. The van der Waals surface area contributed by atoms with Crippen molar-refractivity contribution in [1.82, 2.24) is 4.98 Å². The van der Waals surface area contributed by atoms with Crippen LogP contribution in [0.25, 0.3) is 12.2 Å². The van der Waals surface area contributed by atoms with E-state index in [4.69, 9.17) is 9.52 Å². The highest BCUT2D eigenvalue weighted by Crippen LogP contribution is 2.06. The minimum absolute atomic E-state index is 0.0796. The van der Waals surface area contributed by atoms with E-state index in [0.29, 0.717) is 11.5 Å². The molecule has 4 heteroatoms. The van der Waals surface area contributed by atoms with Crippen LogP contribution in [0.4, 0.5) is 0 Å². The third-order valence-electron chi connectivity index (χ3n) is 1.28. The standard InChI is InChI=1S/C8H9NO3.C2H6/c1-2-7-6(4-3-5-10)9-8(11)12-7;1-2/h2-4,10H,1,5H2,(H,9,11);1-2H3/b4-3-;. The van der Waals surface area contributed by atoms with E-state index >= 15 is 0 Å². The molecule has 78 valence electrons. The third kappa shape index (κ3) is 3.45. The van der Waals surface area contributed by atoms with Gasteiger partial charge >= 0.3 is 5.76 Å². The lowest BCUT2D eigenvalue weighted by Crippen LogP contribution is -1.94. The van der Waals surface area contributed by atoms with Gasteiger partial charge in [0, 0.05) is 0 Å². The maximum absolute atomic E-state index is 10.7. The molecule has 1 aromatic heterocycles. The number of rotatable bonds is 3. The quantitative estimate of drug-likeness (QED) is 0.774. The lowest BCUT2D eigenvalue weighted by atomic mass is 10.3. The molecule has 0 saturated carbocycles. The molecule has 0 aromatic carbocycles. The van der Waals surface area contributed by atoms with Crippen molar-refractivity contribution in [3.63, 3.8) is 0 Å². The largest absolute Gasteiger partial charge is 0.417 e. The van der Waals surface area contributed by atoms with E-state index in [-0.39, 0.29) is 6.61 Å². The molecule has 0 saturated heterocycles. The van der Waals surface area contributed by atoms with Gasteiger partial charge in [0.25, 0.3) is 0 Å². The van der Waals surface area contributed by atoms with Crippen LogP contribution in [-0.4, -0.2) is 16.7 Å². The van der Waals surface area contributed by atoms with Crippen LogP contribution in [0.15, 0.2) is 21.9 Å². The number of nitrogens with one attached hydrogen (secondary N) is 1. The van der Waals surface area contributed by atoms with Gasteiger partial charge in [-0.05, 0) is 12.2 Å². The van der Waals surface area contributed by atoms with E-state index in [9.17, 15) is 4.79 Å². The number of aliphatic hydroxyl groups excluding tert-OH is 1. The van der Waals surface area contributed by atoms with Crippen molar-refractivity contribution in [2.24, 2.45) is 0 Å². The number of hydrogen-bond acceptors (Lipinski definition) is 3. The molecule has 0 aliphatic carbocycles. The number of oxazole rings is 1. The third-order valence-corrected chi connectivity index (χ3v) is 1.28. The van der Waals surface area contributed by atoms with Crippen molar-refractivity contribution in [3.05, 3.63) is 34.7 Å². The van der Waals surface area contributed by atoms with E-state index in [2.05, 4.69) is 11.6 Å². The molecule has 0 radical (unpaired) electrons. The van der Waals surface area contributed by atoms with E-state index in [1.165, 1.54) is 12.2 Å². The summed E-state index contributed by atoms with van der Waals surface area (Å²) in [6, 6.07) is 0. The molecule has 1 rings (SSSR count). The summed E-state index contributed by atoms with van der Waals surface area (Å²) in [7, 11) is 0. The van der Waals surface area contributed by atoms with E-state index in [0.717, 1.165) is 0 Å². The van der Waals surface area contributed by atoms with Crippen LogP contribution >= 0.6 is 0 Å². The molecule has 0 amide bonds. The fourth-order valence-corrected chi connectivity index (χ4v) is 0.798. The van der Waals surface area contributed by atoms with E-state index in [1.54, 1.807) is 6.08 Å². The van der Waals surface area contributed by atoms with Gasteiger partial charge in [0.1, 0.15) is 0 Å². The zero-order chi connectivity index (χ0) is 11.0.